The van der Waals surface area contributed by atoms with Crippen molar-refractivity contribution in [1.29, 1.82) is 0 Å². The monoisotopic (exact) mass is 526 g/mol. The van der Waals surface area contributed by atoms with Gasteiger partial charge in [-0.2, -0.15) is 0 Å². The molecule has 44 valence electrons. The van der Waals surface area contributed by atoms with E-state index >= 15 is 0 Å². The molecule has 0 N–H and O–H groups in total. The first-order valence-electron chi connectivity index (χ1n) is 0.999. The van der Waals surface area contributed by atoms with Crippen LogP contribution < -0.4 is 19.2 Å². The predicted octanol–water partition coefficient (Wildman–Crippen LogP) is -6.02. The Labute approximate surface area is 81.3 Å². The Morgan fingerprint density at radius 1 is 1.00 bits per heavy atom. The zero-order valence-corrected chi connectivity index (χ0v) is 11.4. The molecule has 0 fully saturated rings. The molecule has 0 spiro atoms. The van der Waals surface area contributed by atoms with Gasteiger partial charge in [-0.15, -0.1) is 0 Å². The molecule has 0 saturated heterocycles. The molecule has 0 aliphatic carbocycles. The molecule has 0 rings (SSSR count). The molecular formula is Bi2O5Si. The molecule has 0 aliphatic heterocycles. The first-order chi connectivity index (χ1) is 3.00. The fourth-order valence-corrected chi connectivity index (χ4v) is 0. The third-order valence-electron chi connectivity index (χ3n) is 0. The minimum absolute atomic E-state index is 0. The summed E-state index contributed by atoms with van der Waals surface area (Å²) in [6, 6.07) is 0. The molecule has 0 aliphatic rings. The summed E-state index contributed by atoms with van der Waals surface area (Å²) in [5, 5.41) is 0. The molecule has 0 unspecified atom stereocenters. The fraction of sp³-hybridized carbons (Fsp3) is 0. The third-order valence-corrected chi connectivity index (χ3v) is 0. The second-order valence-corrected chi connectivity index (χ2v) is 1.50. The van der Waals surface area contributed by atoms with Crippen LogP contribution in [0.2, 0.25) is 0 Å². The van der Waals surface area contributed by atoms with E-state index in [-0.39, 0.29) is 50.9 Å². The summed E-state index contributed by atoms with van der Waals surface area (Å²) >= 11 is 0.194. The SMILES string of the molecule is [Bi+3].[O-][Si]([O-])([O-])[O-].[O]=[Bi+]. The average molecular weight is 526 g/mol. The second kappa shape index (κ2) is 8.62. The molecule has 0 aromatic heterocycles. The van der Waals surface area contributed by atoms with Crippen LogP contribution in [0.3, 0.4) is 0 Å². The minimum atomic E-state index is -5.61. The number of hydrogen-bond acceptors (Lipinski definition) is 5. The molecule has 0 saturated carbocycles. The molecule has 0 aromatic carbocycles. The molecule has 0 bridgehead atoms. The van der Waals surface area contributed by atoms with Crippen LogP contribution in [0.25, 0.3) is 0 Å². The van der Waals surface area contributed by atoms with Crippen LogP contribution in [0, 0.1) is 0 Å². The summed E-state index contributed by atoms with van der Waals surface area (Å²) < 4.78 is 8.36. The maximum atomic E-state index is 8.58. The van der Waals surface area contributed by atoms with Crippen LogP contribution in [0.5, 0.6) is 0 Å². The third kappa shape index (κ3) is 127. The predicted molar refractivity (Wildman–Crippen MR) is 17.9 cm³/mol. The Morgan fingerprint density at radius 3 is 1.00 bits per heavy atom. The second-order valence-electron chi connectivity index (χ2n) is 0.500. The summed E-state index contributed by atoms with van der Waals surface area (Å²) in [7, 11) is -5.61. The Hall–Kier alpha value is 1.62. The van der Waals surface area contributed by atoms with E-state index in [0.717, 1.165) is 0 Å². The Kier molecular flexibility index (Phi) is 17.6. The molecule has 0 aromatic rings. The van der Waals surface area contributed by atoms with Crippen molar-refractivity contribution in [2.75, 3.05) is 0 Å². The van der Waals surface area contributed by atoms with Crippen LogP contribution in [-0.2, 0) is 2.81 Å². The molecular weight excluding hydrogens is 526 g/mol. The van der Waals surface area contributed by atoms with E-state index in [2.05, 4.69) is 0 Å². The van der Waals surface area contributed by atoms with E-state index < -0.39 is 9.05 Å². The zero-order valence-electron chi connectivity index (χ0n) is 3.44. The van der Waals surface area contributed by atoms with Crippen LogP contribution in [0.15, 0.2) is 0 Å². The summed E-state index contributed by atoms with van der Waals surface area (Å²) in [5.74, 6) is 0. The Bertz CT molecular complexity index is 34.2. The van der Waals surface area contributed by atoms with Gasteiger partial charge in [0.2, 0.25) is 0 Å². The van der Waals surface area contributed by atoms with Gasteiger partial charge < -0.3 is 28.2 Å². The molecule has 8 heteroatoms. The van der Waals surface area contributed by atoms with E-state index in [1.54, 1.807) is 0 Å². The van der Waals surface area contributed by atoms with Gasteiger partial charge in [0.1, 0.15) is 0 Å². The topological polar surface area (TPSA) is 109 Å². The first-order valence-corrected chi connectivity index (χ1v) is 4.05. The Morgan fingerprint density at radius 2 is 1.00 bits per heavy atom. The molecule has 5 nitrogen and oxygen atoms in total. The van der Waals surface area contributed by atoms with Gasteiger partial charge >= 0.3 is 53.7 Å². The Balaban J connectivity index is -0.0000000750. The van der Waals surface area contributed by atoms with Gasteiger partial charge in [0.25, 0.3) is 0 Å². The first kappa shape index (κ1) is 16.3. The molecule has 0 atom stereocenters. The van der Waals surface area contributed by atoms with Crippen molar-refractivity contribution in [3.05, 3.63) is 0 Å². The standard InChI is InChI=1S/2Bi.O4Si.O/c;;1-5(2,3)4;/q+1;+3;-4;. The van der Waals surface area contributed by atoms with E-state index in [1.807, 2.05) is 0 Å². The molecule has 0 amide bonds. The van der Waals surface area contributed by atoms with E-state index in [4.69, 9.17) is 22.0 Å². The van der Waals surface area contributed by atoms with Crippen molar-refractivity contribution in [1.82, 2.24) is 0 Å². The molecule has 0 heterocycles. The summed E-state index contributed by atoms with van der Waals surface area (Å²) in [6.45, 7) is 0. The summed E-state index contributed by atoms with van der Waals surface area (Å²) in [4.78, 5) is 34.3. The van der Waals surface area contributed by atoms with Gasteiger partial charge in [-0.1, -0.05) is 0 Å². The van der Waals surface area contributed by atoms with Gasteiger partial charge in [-0.05, 0) is 0 Å². The van der Waals surface area contributed by atoms with Crippen LogP contribution in [0.1, 0.15) is 0 Å². The van der Waals surface area contributed by atoms with Gasteiger partial charge in [-0.3, -0.25) is 0 Å². The quantitative estimate of drug-likeness (QED) is 0.293. The van der Waals surface area contributed by atoms with Crippen molar-refractivity contribution in [2.24, 2.45) is 0 Å². The molecule has 4 radical (unpaired) electrons. The zero-order chi connectivity index (χ0) is 6.50. The van der Waals surface area contributed by atoms with Crippen molar-refractivity contribution in [3.8, 4) is 0 Å². The van der Waals surface area contributed by atoms with E-state index in [0.29, 0.717) is 0 Å². The fourth-order valence-electron chi connectivity index (χ4n) is 0. The van der Waals surface area contributed by atoms with Crippen molar-refractivity contribution < 1.29 is 22.0 Å². The van der Waals surface area contributed by atoms with Gasteiger partial charge in [0, 0.05) is 0 Å². The number of hydrogen-bond donors (Lipinski definition) is 0. The van der Waals surface area contributed by atoms with Crippen LogP contribution >= 0.6 is 0 Å². The van der Waals surface area contributed by atoms with Crippen molar-refractivity contribution >= 4 is 60.0 Å². The normalized spacial score (nSPS) is 8.00. The van der Waals surface area contributed by atoms with Gasteiger partial charge in [0.05, 0.1) is 0 Å². The van der Waals surface area contributed by atoms with E-state index in [1.165, 1.54) is 0 Å². The summed E-state index contributed by atoms with van der Waals surface area (Å²) in [5.41, 5.74) is 0. The van der Waals surface area contributed by atoms with E-state index in [9.17, 15) is 0 Å². The summed E-state index contributed by atoms with van der Waals surface area (Å²) in [6.07, 6.45) is 0. The van der Waals surface area contributed by atoms with Crippen LogP contribution in [0.4, 0.5) is 0 Å². The average Bonchev–Trinajstić information content (AvgIpc) is 1.36. The van der Waals surface area contributed by atoms with Crippen molar-refractivity contribution in [3.63, 3.8) is 0 Å². The molecule has 8 heavy (non-hydrogen) atoms. The van der Waals surface area contributed by atoms with Crippen molar-refractivity contribution in [2.45, 2.75) is 0 Å². The van der Waals surface area contributed by atoms with Crippen LogP contribution in [-0.4, -0.2) is 60.0 Å². The van der Waals surface area contributed by atoms with Gasteiger partial charge in [0.15, 0.2) is 0 Å². The maximum absolute atomic E-state index is 8.58. The van der Waals surface area contributed by atoms with Gasteiger partial charge in [-0.25, -0.2) is 0 Å². The number of rotatable bonds is 0.